The number of hydrogen-bond acceptors (Lipinski definition) is 20. The van der Waals surface area contributed by atoms with Crippen molar-refractivity contribution in [1.82, 2.24) is 97.9 Å². The molecule has 10 aromatic carbocycles. The summed E-state index contributed by atoms with van der Waals surface area (Å²) in [6.45, 7) is 16.7. The van der Waals surface area contributed by atoms with E-state index in [0.717, 1.165) is 61.5 Å². The highest BCUT2D eigenvalue weighted by molar-refractivity contribution is 9.10. The Labute approximate surface area is 771 Å². The van der Waals surface area contributed by atoms with E-state index in [2.05, 4.69) is 170 Å². The van der Waals surface area contributed by atoms with Gasteiger partial charge in [-0.3, -0.25) is 49.5 Å². The zero-order valence-electron chi connectivity index (χ0n) is 73.1. The zero-order valence-corrected chi connectivity index (χ0v) is 75.4. The minimum absolute atomic E-state index is 0.0850. The standard InChI is InChI=1S/C22H22BrN5O.C21H21N5O.C20H19N5O.C18H13ClFN5O.C18H14FN5O/c1-22(2,3)15-6-4-14(5-7-15)20-26-21-25-18(12-19(29)28(21)27-20)13-24-17-10-8-16(23)9-11-17;1-3-15-8-4-5-10-18(15)22-13-17-12-19(27)26-21(23-17)24-20(25-26)16-9-6-7-14(2)11-16;1-13-6-8-15(9-7-13)19-23-20-22-17(11-18(26)25(20)24-19)12-21-16-5-3-4-14(2)10-16;19-12-2-1-3-14(8-12)21-10-15-9-16(26)25-18(22-15)23-17(24-25)11-4-6-13(20)7-5-11;19-14-8-4-5-9-15(14)20-11-13-10-16(25)24-18(21-13)22-17(23-24)12-6-2-1-3-7-12/h4-12,24H,13H2,1-3H3,(H,25,26,27);4-12,22H,3,13H2,1-2H3,(H,23,24,25);3-11,21H,12H2,1-2H3,(H,22,23,24);1-9,21H,10H2,(H,22,23,24);1-10,20H,11H2,(H,21,22,23). The quantitative estimate of drug-likeness (QED) is 0.0319. The zero-order chi connectivity index (χ0) is 92.8. The van der Waals surface area contributed by atoms with E-state index in [9.17, 15) is 32.8 Å². The van der Waals surface area contributed by atoms with Gasteiger partial charge in [0.25, 0.3) is 56.7 Å². The van der Waals surface area contributed by atoms with Crippen LogP contribution in [-0.4, -0.2) is 97.9 Å². The lowest BCUT2D eigenvalue weighted by atomic mass is 9.87. The number of halogens is 4. The molecule has 0 bridgehead atoms. The number of nitrogens with zero attached hydrogens (tertiary/aromatic N) is 15. The van der Waals surface area contributed by atoms with Crippen LogP contribution in [-0.2, 0) is 44.6 Å². The fourth-order valence-corrected chi connectivity index (χ4v) is 14.5. The summed E-state index contributed by atoms with van der Waals surface area (Å²) in [7, 11) is 0. The Morgan fingerprint density at radius 3 is 1.11 bits per heavy atom. The highest BCUT2D eigenvalue weighted by atomic mass is 79.9. The van der Waals surface area contributed by atoms with Gasteiger partial charge < -0.3 is 26.6 Å². The number of nitrogens with one attached hydrogen (secondary N) is 10. The molecule has 0 saturated carbocycles. The number of benzene rings is 10. The van der Waals surface area contributed by atoms with Gasteiger partial charge in [-0.2, -0.15) is 47.5 Å². The topological polar surface area (TPSA) is 375 Å². The molecule has 0 fully saturated rings. The van der Waals surface area contributed by atoms with Gasteiger partial charge in [0.05, 0.1) is 66.9 Å². The largest absolute Gasteiger partial charge is 0.379 e. The first kappa shape index (κ1) is 90.0. The first-order valence-corrected chi connectivity index (χ1v) is 43.6. The van der Waals surface area contributed by atoms with E-state index < -0.39 is 0 Å². The second-order valence-electron chi connectivity index (χ2n) is 32.0. The number of H-pyrrole nitrogens is 5. The second-order valence-corrected chi connectivity index (χ2v) is 33.4. The highest BCUT2D eigenvalue weighted by Gasteiger charge is 2.19. The molecule has 668 valence electrons. The van der Waals surface area contributed by atoms with Crippen LogP contribution in [0.25, 0.3) is 85.8 Å². The Kier molecular flexibility index (Phi) is 27.4. The number of para-hydroxylation sites is 2. The molecule has 0 radical (unpaired) electrons. The minimum atomic E-state index is -0.355. The average Bonchev–Trinajstić information content (AvgIpc) is 1.67. The van der Waals surface area contributed by atoms with E-state index >= 15 is 0 Å². The van der Waals surface area contributed by atoms with Crippen LogP contribution in [0, 0.1) is 32.4 Å². The fourth-order valence-electron chi connectivity index (χ4n) is 14.0. The molecule has 10 N–H and O–H groups in total. The van der Waals surface area contributed by atoms with Gasteiger partial charge in [0, 0.05) is 90.4 Å². The lowest BCUT2D eigenvalue weighted by Crippen LogP contribution is -2.17. The van der Waals surface area contributed by atoms with Crippen molar-refractivity contribution in [3.05, 3.63) is 408 Å². The summed E-state index contributed by atoms with van der Waals surface area (Å²) in [6, 6.07) is 84.5. The van der Waals surface area contributed by atoms with E-state index in [4.69, 9.17) is 11.6 Å². The molecule has 20 rings (SSSR count). The van der Waals surface area contributed by atoms with Gasteiger partial charge in [-0.05, 0) is 152 Å². The lowest BCUT2D eigenvalue weighted by molar-refractivity contribution is 0.590. The Morgan fingerprint density at radius 2 is 0.684 bits per heavy atom. The molecule has 20 aromatic rings. The molecule has 30 nitrogen and oxygen atoms in total. The predicted octanol–water partition coefficient (Wildman–Crippen LogP) is 18.0. The van der Waals surface area contributed by atoms with Gasteiger partial charge in [0.2, 0.25) is 0 Å². The first-order valence-electron chi connectivity index (χ1n) is 42.4. The number of aromatic nitrogens is 20. The van der Waals surface area contributed by atoms with Crippen molar-refractivity contribution in [3.8, 4) is 56.9 Å². The predicted molar refractivity (Wildman–Crippen MR) is 519 cm³/mol. The van der Waals surface area contributed by atoms with Crippen LogP contribution < -0.4 is 54.4 Å². The fraction of sp³-hybridized carbons (Fsp3) is 0.141. The summed E-state index contributed by atoms with van der Waals surface area (Å²) in [5.74, 6) is 3.81. The normalized spacial score (nSPS) is 11.2. The summed E-state index contributed by atoms with van der Waals surface area (Å²) in [5.41, 5.74) is 16.4. The number of aromatic amines is 5. The van der Waals surface area contributed by atoms with Crippen molar-refractivity contribution in [3.63, 3.8) is 0 Å². The van der Waals surface area contributed by atoms with Gasteiger partial charge in [0.15, 0.2) is 29.1 Å². The van der Waals surface area contributed by atoms with Crippen LogP contribution in [0.4, 0.5) is 37.2 Å². The number of hydrogen-bond donors (Lipinski definition) is 10. The minimum Gasteiger partial charge on any atom is -0.379 e. The molecule has 133 heavy (non-hydrogen) atoms. The maximum absolute atomic E-state index is 13.6. The molecular weight excluding hydrogens is 1770 g/mol. The summed E-state index contributed by atoms with van der Waals surface area (Å²) in [4.78, 5) is 106. The molecule has 0 aliphatic carbocycles. The Morgan fingerprint density at radius 1 is 0.331 bits per heavy atom. The van der Waals surface area contributed by atoms with Crippen molar-refractivity contribution in [2.24, 2.45) is 0 Å². The van der Waals surface area contributed by atoms with Crippen LogP contribution in [0.3, 0.4) is 0 Å². The number of rotatable bonds is 21. The maximum Gasteiger partial charge on any atom is 0.274 e. The van der Waals surface area contributed by atoms with Crippen LogP contribution in [0.1, 0.15) is 84.0 Å². The van der Waals surface area contributed by atoms with Crippen LogP contribution in [0.5, 0.6) is 0 Å². The van der Waals surface area contributed by atoms with Crippen molar-refractivity contribution < 1.29 is 8.78 Å². The van der Waals surface area contributed by atoms with E-state index in [-0.39, 0.29) is 62.9 Å². The smallest absolute Gasteiger partial charge is 0.274 e. The molecule has 0 unspecified atom stereocenters. The van der Waals surface area contributed by atoms with Crippen LogP contribution >= 0.6 is 27.5 Å². The molecule has 0 spiro atoms. The summed E-state index contributed by atoms with van der Waals surface area (Å²) < 4.78 is 34.4. The average molecular weight is 1860 g/mol. The molecule has 0 amide bonds. The molecular formula is C99H89BrClF2N25O5. The molecule has 0 aliphatic heterocycles. The van der Waals surface area contributed by atoms with Crippen molar-refractivity contribution >= 4 is 84.9 Å². The molecule has 10 heterocycles. The van der Waals surface area contributed by atoms with Crippen LogP contribution in [0.2, 0.25) is 5.02 Å². The number of anilines is 5. The third-order valence-electron chi connectivity index (χ3n) is 21.0. The van der Waals surface area contributed by atoms with E-state index in [1.165, 1.54) is 93.4 Å². The van der Waals surface area contributed by atoms with E-state index in [0.29, 0.717) is 117 Å². The molecule has 34 heteroatoms. The Bertz CT molecular complexity index is 7680. The first-order chi connectivity index (χ1) is 64.3. The van der Waals surface area contributed by atoms with Crippen LogP contribution in [0.15, 0.2) is 307 Å². The Hall–Kier alpha value is -16.4. The van der Waals surface area contributed by atoms with Crippen molar-refractivity contribution in [2.75, 3.05) is 26.6 Å². The number of aryl methyl sites for hydroxylation is 4. The SMILES string of the molecule is CC(C)(C)c1ccc(-c2nc3nc(CNc4ccc(Br)cc4)cc(=O)n3[nH]2)cc1.CCc1ccccc1NCc1cc(=O)n2[nH]c(-c3cccc(C)c3)nc2n1.Cc1ccc(-c2nc3nc(CNc4cccc(C)c4)cc(=O)n3[nH]2)cc1.O=c1cc(CNc2cccc(Cl)c2)nc2nc(-c3ccc(F)cc3)[nH]n12.O=c1cc(CNc2ccccc2F)nc2nc(-c3ccccc3)[nH]n12. The van der Waals surface area contributed by atoms with Crippen molar-refractivity contribution in [1.29, 1.82) is 0 Å². The highest BCUT2D eigenvalue weighted by Crippen LogP contribution is 2.28. The van der Waals surface area contributed by atoms with Crippen molar-refractivity contribution in [2.45, 2.75) is 93.0 Å². The maximum atomic E-state index is 13.6. The molecule has 0 saturated heterocycles. The monoisotopic (exact) mass is 1860 g/mol. The lowest BCUT2D eigenvalue weighted by Gasteiger charge is -2.18. The van der Waals surface area contributed by atoms with Gasteiger partial charge >= 0.3 is 0 Å². The molecule has 0 aliphatic rings. The van der Waals surface area contributed by atoms with Gasteiger partial charge in [-0.1, -0.05) is 212 Å². The Balaban J connectivity index is 0.000000121. The summed E-state index contributed by atoms with van der Waals surface area (Å²) in [5, 5.41) is 31.6. The van der Waals surface area contributed by atoms with Gasteiger partial charge in [-0.25, -0.2) is 33.7 Å². The second kappa shape index (κ2) is 40.5. The molecule has 10 aromatic heterocycles. The third kappa shape index (κ3) is 22.6. The van der Waals surface area contributed by atoms with E-state index in [1.54, 1.807) is 42.5 Å². The van der Waals surface area contributed by atoms with E-state index in [1.807, 2.05) is 185 Å². The van der Waals surface area contributed by atoms with Gasteiger partial charge in [0.1, 0.15) is 11.6 Å². The van der Waals surface area contributed by atoms with Gasteiger partial charge in [-0.15, -0.1) is 0 Å². The summed E-state index contributed by atoms with van der Waals surface area (Å²) >= 11 is 9.37. The molecule has 0 atom stereocenters. The third-order valence-corrected chi connectivity index (χ3v) is 21.8. The number of fused-ring (bicyclic) bond motifs is 5. The summed E-state index contributed by atoms with van der Waals surface area (Å²) in [6.07, 6.45) is 0.942.